The quantitative estimate of drug-likeness (QED) is 0.370. The second kappa shape index (κ2) is 9.06. The molecular formula is C21H13ClF3N3O4. The smallest absolute Gasteiger partial charge is 0.322 e. The maximum Gasteiger partial charge on any atom is 0.416 e. The van der Waals surface area contributed by atoms with Crippen molar-refractivity contribution in [1.29, 1.82) is 0 Å². The summed E-state index contributed by atoms with van der Waals surface area (Å²) in [5, 5.41) is 15.5. The van der Waals surface area contributed by atoms with E-state index in [9.17, 15) is 32.9 Å². The van der Waals surface area contributed by atoms with Gasteiger partial charge in [0.25, 0.3) is 17.5 Å². The second-order valence-electron chi connectivity index (χ2n) is 6.45. The zero-order valence-corrected chi connectivity index (χ0v) is 16.7. The number of non-ortho nitro benzene ring substituents is 1. The third-order valence-corrected chi connectivity index (χ3v) is 4.59. The van der Waals surface area contributed by atoms with Crippen LogP contribution in [0.25, 0.3) is 0 Å². The van der Waals surface area contributed by atoms with Gasteiger partial charge in [-0.15, -0.1) is 0 Å². The van der Waals surface area contributed by atoms with Gasteiger partial charge in [-0.1, -0.05) is 29.8 Å². The number of nitrogens with zero attached hydrogens (tertiary/aromatic N) is 1. The molecule has 0 saturated heterocycles. The Morgan fingerprint density at radius 3 is 2.22 bits per heavy atom. The average Bonchev–Trinajstić information content (AvgIpc) is 2.73. The molecule has 0 bridgehead atoms. The molecule has 0 atom stereocenters. The molecule has 0 aliphatic rings. The summed E-state index contributed by atoms with van der Waals surface area (Å²) in [5.41, 5.74) is -1.32. The minimum atomic E-state index is -4.57. The number of benzene rings is 3. The number of nitro groups is 1. The number of hydrogen-bond donors (Lipinski definition) is 2. The van der Waals surface area contributed by atoms with Crippen LogP contribution in [0.2, 0.25) is 5.02 Å². The molecule has 0 fully saturated rings. The van der Waals surface area contributed by atoms with Gasteiger partial charge in [-0.05, 0) is 36.4 Å². The minimum absolute atomic E-state index is 0.0173. The lowest BCUT2D eigenvalue weighted by Crippen LogP contribution is -2.18. The van der Waals surface area contributed by atoms with E-state index in [-0.39, 0.29) is 33.2 Å². The first-order valence-corrected chi connectivity index (χ1v) is 9.27. The fraction of sp³-hybridized carbons (Fsp3) is 0.0476. The molecule has 0 unspecified atom stereocenters. The highest BCUT2D eigenvalue weighted by Gasteiger charge is 2.30. The van der Waals surface area contributed by atoms with Crippen molar-refractivity contribution in [3.05, 3.63) is 98.6 Å². The zero-order chi connectivity index (χ0) is 23.5. The molecule has 7 nitrogen and oxygen atoms in total. The van der Waals surface area contributed by atoms with E-state index >= 15 is 0 Å². The SMILES string of the molecule is O=C(Nc1ccccc1C(=O)Nc1cccc(C(F)(F)F)c1)c1ccc([N+](=O)[O-])cc1Cl. The van der Waals surface area contributed by atoms with Crippen LogP contribution in [0.4, 0.5) is 30.2 Å². The Hall–Kier alpha value is -3.92. The Morgan fingerprint density at radius 2 is 1.56 bits per heavy atom. The summed E-state index contributed by atoms with van der Waals surface area (Å²) >= 11 is 5.96. The summed E-state index contributed by atoms with van der Waals surface area (Å²) in [6.45, 7) is 0. The van der Waals surface area contributed by atoms with Crippen LogP contribution in [0.1, 0.15) is 26.3 Å². The van der Waals surface area contributed by atoms with E-state index in [2.05, 4.69) is 10.6 Å². The van der Waals surface area contributed by atoms with Crippen molar-refractivity contribution in [3.8, 4) is 0 Å². The Morgan fingerprint density at radius 1 is 0.875 bits per heavy atom. The molecule has 0 aliphatic heterocycles. The van der Waals surface area contributed by atoms with Gasteiger partial charge in [0.15, 0.2) is 0 Å². The zero-order valence-electron chi connectivity index (χ0n) is 15.9. The molecule has 3 aromatic carbocycles. The topological polar surface area (TPSA) is 101 Å². The lowest BCUT2D eigenvalue weighted by Gasteiger charge is -2.13. The summed E-state index contributed by atoms with van der Waals surface area (Å²) in [4.78, 5) is 35.4. The lowest BCUT2D eigenvalue weighted by atomic mass is 10.1. The molecule has 2 amide bonds. The first kappa shape index (κ1) is 22.8. The van der Waals surface area contributed by atoms with Crippen LogP contribution in [-0.4, -0.2) is 16.7 Å². The van der Waals surface area contributed by atoms with Gasteiger partial charge >= 0.3 is 6.18 Å². The van der Waals surface area contributed by atoms with Crippen LogP contribution in [-0.2, 0) is 6.18 Å². The number of nitro benzene ring substituents is 1. The highest BCUT2D eigenvalue weighted by Crippen LogP contribution is 2.31. The first-order chi connectivity index (χ1) is 15.1. The summed E-state index contributed by atoms with van der Waals surface area (Å²) in [5.74, 6) is -1.49. The van der Waals surface area contributed by atoms with E-state index in [0.717, 1.165) is 30.3 Å². The molecule has 0 spiro atoms. The van der Waals surface area contributed by atoms with E-state index < -0.39 is 28.5 Å². The van der Waals surface area contributed by atoms with Crippen LogP contribution in [0, 0.1) is 10.1 Å². The Kier molecular flexibility index (Phi) is 6.45. The molecule has 11 heteroatoms. The molecule has 0 aliphatic carbocycles. The second-order valence-corrected chi connectivity index (χ2v) is 6.86. The van der Waals surface area contributed by atoms with Crippen molar-refractivity contribution in [2.24, 2.45) is 0 Å². The minimum Gasteiger partial charge on any atom is -0.322 e. The molecule has 0 saturated carbocycles. The molecule has 0 heterocycles. The monoisotopic (exact) mass is 463 g/mol. The predicted octanol–water partition coefficient (Wildman–Crippen LogP) is 5.77. The summed E-state index contributed by atoms with van der Waals surface area (Å²) < 4.78 is 38.7. The van der Waals surface area contributed by atoms with Crippen LogP contribution in [0.5, 0.6) is 0 Å². The summed E-state index contributed by atoms with van der Waals surface area (Å²) in [7, 11) is 0. The maximum atomic E-state index is 12.9. The highest BCUT2D eigenvalue weighted by atomic mass is 35.5. The van der Waals surface area contributed by atoms with Crippen molar-refractivity contribution in [2.45, 2.75) is 6.18 Å². The third-order valence-electron chi connectivity index (χ3n) is 4.28. The maximum absolute atomic E-state index is 12.9. The molecule has 3 rings (SSSR count). The van der Waals surface area contributed by atoms with Gasteiger partial charge in [-0.2, -0.15) is 13.2 Å². The predicted molar refractivity (Wildman–Crippen MR) is 112 cm³/mol. The van der Waals surface area contributed by atoms with Crippen LogP contribution in [0.3, 0.4) is 0 Å². The van der Waals surface area contributed by atoms with E-state index in [4.69, 9.17) is 11.6 Å². The van der Waals surface area contributed by atoms with Crippen LogP contribution < -0.4 is 10.6 Å². The number of hydrogen-bond acceptors (Lipinski definition) is 4. The van der Waals surface area contributed by atoms with Gasteiger partial charge in [0, 0.05) is 17.8 Å². The van der Waals surface area contributed by atoms with Crippen molar-refractivity contribution in [1.82, 2.24) is 0 Å². The summed E-state index contributed by atoms with van der Waals surface area (Å²) in [6, 6.07) is 13.2. The van der Waals surface area contributed by atoms with Gasteiger partial charge in [-0.3, -0.25) is 19.7 Å². The number of carbonyl (C=O) groups excluding carboxylic acids is 2. The van der Waals surface area contributed by atoms with Crippen molar-refractivity contribution >= 4 is 40.5 Å². The van der Waals surface area contributed by atoms with Gasteiger partial charge in [-0.25, -0.2) is 0 Å². The van der Waals surface area contributed by atoms with E-state index in [1.165, 1.54) is 36.4 Å². The fourth-order valence-electron chi connectivity index (χ4n) is 2.75. The molecule has 0 aromatic heterocycles. The van der Waals surface area contributed by atoms with Crippen molar-refractivity contribution < 1.29 is 27.7 Å². The summed E-state index contributed by atoms with van der Waals surface area (Å²) in [6.07, 6.45) is -4.57. The fourth-order valence-corrected chi connectivity index (χ4v) is 3.01. The lowest BCUT2D eigenvalue weighted by molar-refractivity contribution is -0.384. The standard InChI is InChI=1S/C21H13ClF3N3O4/c22-17-11-14(28(31)32)8-9-15(17)19(29)27-18-7-2-1-6-16(18)20(30)26-13-5-3-4-12(10-13)21(23,24)25/h1-11H,(H,26,30)(H,27,29). The molecule has 32 heavy (non-hydrogen) atoms. The van der Waals surface area contributed by atoms with E-state index in [1.54, 1.807) is 0 Å². The van der Waals surface area contributed by atoms with Crippen LogP contribution in [0.15, 0.2) is 66.7 Å². The van der Waals surface area contributed by atoms with Gasteiger partial charge < -0.3 is 10.6 Å². The molecule has 164 valence electrons. The number of amides is 2. The third kappa shape index (κ3) is 5.22. The number of carbonyl (C=O) groups is 2. The largest absolute Gasteiger partial charge is 0.416 e. The number of alkyl halides is 3. The number of rotatable bonds is 5. The number of halogens is 4. The highest BCUT2D eigenvalue weighted by molar-refractivity contribution is 6.34. The number of nitrogens with one attached hydrogen (secondary N) is 2. The Bertz CT molecular complexity index is 1210. The molecule has 3 aromatic rings. The molecular weight excluding hydrogens is 451 g/mol. The molecule has 0 radical (unpaired) electrons. The van der Waals surface area contributed by atoms with E-state index in [1.807, 2.05) is 0 Å². The number of para-hydroxylation sites is 1. The van der Waals surface area contributed by atoms with Gasteiger partial charge in [0.1, 0.15) is 0 Å². The normalized spacial score (nSPS) is 11.0. The van der Waals surface area contributed by atoms with Crippen molar-refractivity contribution in [3.63, 3.8) is 0 Å². The van der Waals surface area contributed by atoms with E-state index in [0.29, 0.717) is 0 Å². The van der Waals surface area contributed by atoms with Gasteiger partial charge in [0.05, 0.1) is 32.3 Å². The molecule has 2 N–H and O–H groups in total. The number of anilines is 2. The van der Waals surface area contributed by atoms with Gasteiger partial charge in [0.2, 0.25) is 0 Å². The Labute approximate surface area is 184 Å². The van der Waals surface area contributed by atoms with Crippen LogP contribution >= 0.6 is 11.6 Å². The Balaban J connectivity index is 1.82. The van der Waals surface area contributed by atoms with Crippen molar-refractivity contribution in [2.75, 3.05) is 10.6 Å². The average molecular weight is 464 g/mol. The first-order valence-electron chi connectivity index (χ1n) is 8.89.